The van der Waals surface area contributed by atoms with Crippen LogP contribution in [0.5, 0.6) is 0 Å². The van der Waals surface area contributed by atoms with Crippen LogP contribution in [0, 0.1) is 0 Å². The lowest BCUT2D eigenvalue weighted by molar-refractivity contribution is -0.154. The molecule has 0 fully saturated rings. The van der Waals surface area contributed by atoms with Crippen molar-refractivity contribution in [2.45, 2.75) is 199 Å². The third-order valence-corrected chi connectivity index (χ3v) is 9.49. The molecular formula is C37H75O9P. The number of rotatable bonds is 38. The summed E-state index contributed by atoms with van der Waals surface area (Å²) in [6.07, 6.45) is 30.5. The number of phosphoric acid groups is 1. The Morgan fingerprint density at radius 3 is 1.38 bits per heavy atom. The Balaban J connectivity index is 4.17. The highest BCUT2D eigenvalue weighted by molar-refractivity contribution is 7.47. The van der Waals surface area contributed by atoms with Crippen LogP contribution in [0.4, 0.5) is 0 Å². The number of carbonyl (C=O) groups is 1. The summed E-state index contributed by atoms with van der Waals surface area (Å²) in [5.74, 6) is -0.379. The van der Waals surface area contributed by atoms with Gasteiger partial charge in [-0.1, -0.05) is 168 Å². The van der Waals surface area contributed by atoms with Gasteiger partial charge in [0.1, 0.15) is 12.2 Å². The van der Waals surface area contributed by atoms with Gasteiger partial charge in [0.15, 0.2) is 0 Å². The lowest BCUT2D eigenvalue weighted by atomic mass is 10.0. The maximum Gasteiger partial charge on any atom is 0.472 e. The van der Waals surface area contributed by atoms with Crippen LogP contribution in [0.2, 0.25) is 0 Å². The van der Waals surface area contributed by atoms with Crippen molar-refractivity contribution in [2.75, 3.05) is 33.0 Å². The van der Waals surface area contributed by atoms with E-state index in [9.17, 15) is 19.4 Å². The summed E-state index contributed by atoms with van der Waals surface area (Å²) < 4.78 is 33.2. The normalized spacial score (nSPS) is 14.2. The van der Waals surface area contributed by atoms with Gasteiger partial charge < -0.3 is 24.6 Å². The fraction of sp³-hybridized carbons (Fsp3) is 0.973. The average Bonchev–Trinajstić information content (AvgIpc) is 3.06. The van der Waals surface area contributed by atoms with E-state index >= 15 is 0 Å². The van der Waals surface area contributed by atoms with Gasteiger partial charge >= 0.3 is 13.8 Å². The molecule has 0 aromatic rings. The van der Waals surface area contributed by atoms with Crippen LogP contribution >= 0.6 is 7.82 Å². The second-order valence-electron chi connectivity index (χ2n) is 13.3. The Morgan fingerprint density at radius 2 is 0.957 bits per heavy atom. The van der Waals surface area contributed by atoms with Crippen molar-refractivity contribution < 1.29 is 43.0 Å². The van der Waals surface area contributed by atoms with Crippen molar-refractivity contribution in [3.63, 3.8) is 0 Å². The van der Waals surface area contributed by atoms with Crippen LogP contribution in [-0.2, 0) is 27.9 Å². The zero-order chi connectivity index (χ0) is 34.7. The predicted octanol–water partition coefficient (Wildman–Crippen LogP) is 9.97. The summed E-state index contributed by atoms with van der Waals surface area (Å²) in [7, 11) is -4.50. The van der Waals surface area contributed by atoms with E-state index < -0.39 is 33.2 Å². The van der Waals surface area contributed by atoms with E-state index in [1.54, 1.807) is 0 Å². The number of phosphoric ester groups is 1. The van der Waals surface area contributed by atoms with Gasteiger partial charge in [0, 0.05) is 13.0 Å². The van der Waals surface area contributed by atoms with Gasteiger partial charge in [0.25, 0.3) is 0 Å². The maximum atomic E-state index is 12.5. The third kappa shape index (κ3) is 35.1. The number of aliphatic hydroxyl groups excluding tert-OH is 2. The van der Waals surface area contributed by atoms with E-state index in [0.717, 1.165) is 32.1 Å². The molecule has 0 saturated heterocycles. The predicted molar refractivity (Wildman–Crippen MR) is 192 cm³/mol. The van der Waals surface area contributed by atoms with Crippen LogP contribution in [0.25, 0.3) is 0 Å². The largest absolute Gasteiger partial charge is 0.472 e. The molecule has 0 spiro atoms. The topological polar surface area (TPSA) is 132 Å². The van der Waals surface area contributed by atoms with E-state index in [-0.39, 0.29) is 25.6 Å². The second-order valence-corrected chi connectivity index (χ2v) is 14.8. The number of hydrogen-bond acceptors (Lipinski definition) is 8. The minimum atomic E-state index is -4.50. The molecule has 0 heterocycles. The molecule has 9 nitrogen and oxygen atoms in total. The standard InChI is InChI=1S/C37H75O9P/c1-3-5-7-9-11-13-15-16-17-18-19-21-23-25-27-29-37(40)46-36(34-45-47(41,42)44-32-35(39)31-38)33-43-30-28-26-24-22-20-14-12-10-8-6-4-2/h35-36,38-39H,3-34H2,1-2H3,(H,41,42). The molecule has 282 valence electrons. The molecule has 0 amide bonds. The molecule has 3 N–H and O–H groups in total. The number of aliphatic hydroxyl groups is 2. The highest BCUT2D eigenvalue weighted by Crippen LogP contribution is 2.43. The Hall–Kier alpha value is -0.540. The fourth-order valence-corrected chi connectivity index (χ4v) is 6.32. The van der Waals surface area contributed by atoms with Gasteiger partial charge in [-0.25, -0.2) is 4.57 Å². The molecule has 10 heteroatoms. The minimum Gasteiger partial charge on any atom is -0.457 e. The van der Waals surface area contributed by atoms with E-state index in [1.807, 2.05) is 0 Å². The molecule has 0 rings (SSSR count). The second kappa shape index (κ2) is 35.3. The van der Waals surface area contributed by atoms with Crippen molar-refractivity contribution in [3.8, 4) is 0 Å². The summed E-state index contributed by atoms with van der Waals surface area (Å²) in [5.41, 5.74) is 0. The van der Waals surface area contributed by atoms with Gasteiger partial charge in [0.2, 0.25) is 0 Å². The van der Waals surface area contributed by atoms with E-state index in [0.29, 0.717) is 6.61 Å². The Bertz CT molecular complexity index is 709. The van der Waals surface area contributed by atoms with Crippen LogP contribution in [0.1, 0.15) is 187 Å². The molecule has 3 unspecified atom stereocenters. The van der Waals surface area contributed by atoms with Gasteiger partial charge in [-0.2, -0.15) is 0 Å². The Labute approximate surface area is 288 Å². The smallest absolute Gasteiger partial charge is 0.457 e. The molecule has 47 heavy (non-hydrogen) atoms. The van der Waals surface area contributed by atoms with Gasteiger partial charge in [-0.15, -0.1) is 0 Å². The van der Waals surface area contributed by atoms with E-state index in [1.165, 1.54) is 135 Å². The molecule has 0 saturated carbocycles. The molecule has 0 aliphatic heterocycles. The molecule has 0 bridgehead atoms. The number of unbranched alkanes of at least 4 members (excludes halogenated alkanes) is 24. The highest BCUT2D eigenvalue weighted by atomic mass is 31.2. The summed E-state index contributed by atoms with van der Waals surface area (Å²) in [4.78, 5) is 22.5. The lowest BCUT2D eigenvalue weighted by Gasteiger charge is -2.20. The molecule has 0 aromatic heterocycles. The first kappa shape index (κ1) is 46.5. The van der Waals surface area contributed by atoms with Crippen LogP contribution in [-0.4, -0.2) is 66.3 Å². The van der Waals surface area contributed by atoms with Crippen LogP contribution < -0.4 is 0 Å². The average molecular weight is 695 g/mol. The summed E-state index contributed by atoms with van der Waals surface area (Å²) in [5, 5.41) is 18.3. The molecule has 0 aliphatic rings. The van der Waals surface area contributed by atoms with Crippen molar-refractivity contribution in [1.29, 1.82) is 0 Å². The molecule has 3 atom stereocenters. The summed E-state index contributed by atoms with van der Waals surface area (Å²) >= 11 is 0. The van der Waals surface area contributed by atoms with Crippen molar-refractivity contribution in [1.82, 2.24) is 0 Å². The zero-order valence-corrected chi connectivity index (χ0v) is 31.4. The monoisotopic (exact) mass is 695 g/mol. The van der Waals surface area contributed by atoms with Crippen molar-refractivity contribution in [2.24, 2.45) is 0 Å². The number of esters is 1. The first-order valence-electron chi connectivity index (χ1n) is 19.5. The van der Waals surface area contributed by atoms with Crippen LogP contribution in [0.3, 0.4) is 0 Å². The van der Waals surface area contributed by atoms with E-state index in [2.05, 4.69) is 13.8 Å². The van der Waals surface area contributed by atoms with Gasteiger partial charge in [-0.05, 0) is 12.8 Å². The number of ether oxygens (including phenoxy) is 2. The third-order valence-electron chi connectivity index (χ3n) is 8.54. The number of hydrogen-bond donors (Lipinski definition) is 3. The quantitative estimate of drug-likeness (QED) is 0.0328. The van der Waals surface area contributed by atoms with Gasteiger partial charge in [-0.3, -0.25) is 13.8 Å². The number of carbonyl (C=O) groups excluding carboxylic acids is 1. The van der Waals surface area contributed by atoms with Crippen molar-refractivity contribution >= 4 is 13.8 Å². The molecule has 0 radical (unpaired) electrons. The summed E-state index contributed by atoms with van der Waals surface area (Å²) in [6, 6.07) is 0. The lowest BCUT2D eigenvalue weighted by Crippen LogP contribution is -2.29. The fourth-order valence-electron chi connectivity index (χ4n) is 5.53. The minimum absolute atomic E-state index is 0.0572. The molecule has 0 aromatic carbocycles. The van der Waals surface area contributed by atoms with Crippen molar-refractivity contribution in [3.05, 3.63) is 0 Å². The SMILES string of the molecule is CCCCCCCCCCCCCCCCCC(=O)OC(COCCCCCCCCCCCCC)COP(=O)(O)OCC(O)CO. The zero-order valence-electron chi connectivity index (χ0n) is 30.5. The van der Waals surface area contributed by atoms with E-state index in [4.69, 9.17) is 23.6 Å². The first-order valence-corrected chi connectivity index (χ1v) is 21.0. The Kier molecular flexibility index (Phi) is 34.9. The highest BCUT2D eigenvalue weighted by Gasteiger charge is 2.26. The first-order chi connectivity index (χ1) is 22.8. The molecular weight excluding hydrogens is 619 g/mol. The summed E-state index contributed by atoms with van der Waals surface area (Å²) in [6.45, 7) is 3.54. The molecule has 0 aliphatic carbocycles. The van der Waals surface area contributed by atoms with Crippen LogP contribution in [0.15, 0.2) is 0 Å². The van der Waals surface area contributed by atoms with Gasteiger partial charge in [0.05, 0.1) is 26.4 Å². The Morgan fingerprint density at radius 1 is 0.574 bits per heavy atom. The maximum absolute atomic E-state index is 12.5.